The van der Waals surface area contributed by atoms with Gasteiger partial charge in [-0.05, 0) is 68.3 Å². The van der Waals surface area contributed by atoms with Crippen LogP contribution in [-0.4, -0.2) is 34.0 Å². The Bertz CT molecular complexity index is 1270. The summed E-state index contributed by atoms with van der Waals surface area (Å²) in [5.74, 6) is 0.976. The van der Waals surface area contributed by atoms with Gasteiger partial charge in [-0.3, -0.25) is 4.79 Å². The number of carbonyl (C=O) groups excluding carboxylic acids is 1. The summed E-state index contributed by atoms with van der Waals surface area (Å²) in [4.78, 5) is 18.0. The first-order valence-corrected chi connectivity index (χ1v) is 12.2. The van der Waals surface area contributed by atoms with Gasteiger partial charge in [-0.1, -0.05) is 30.0 Å². The van der Waals surface area contributed by atoms with Crippen molar-refractivity contribution in [2.24, 2.45) is 0 Å². The van der Waals surface area contributed by atoms with Crippen molar-refractivity contribution >= 4 is 34.7 Å². The zero-order valence-corrected chi connectivity index (χ0v) is 20.5. The Kier molecular flexibility index (Phi) is 7.05. The summed E-state index contributed by atoms with van der Waals surface area (Å²) in [6.45, 7) is 5.99. The molecular weight excluding hydrogens is 452 g/mol. The average molecular weight is 477 g/mol. The highest BCUT2D eigenvalue weighted by Gasteiger charge is 2.16. The average Bonchev–Trinajstić information content (AvgIpc) is 3.18. The quantitative estimate of drug-likeness (QED) is 0.333. The molecule has 0 aliphatic rings. The van der Waals surface area contributed by atoms with Gasteiger partial charge >= 0.3 is 0 Å². The molecule has 0 unspecified atom stereocenters. The van der Waals surface area contributed by atoms with Crippen LogP contribution in [-0.2, 0) is 4.79 Å². The van der Waals surface area contributed by atoms with Gasteiger partial charge in [0, 0.05) is 5.69 Å². The maximum atomic E-state index is 12.3. The summed E-state index contributed by atoms with van der Waals surface area (Å²) in [5, 5.41) is 13.2. The fourth-order valence-electron chi connectivity index (χ4n) is 3.47. The van der Waals surface area contributed by atoms with E-state index in [9.17, 15) is 4.79 Å². The van der Waals surface area contributed by atoms with Crippen molar-refractivity contribution in [2.45, 2.75) is 25.8 Å². The molecule has 0 aliphatic heterocycles. The van der Waals surface area contributed by atoms with Crippen LogP contribution in [0.15, 0.2) is 59.6 Å². The monoisotopic (exact) mass is 476 g/mol. The van der Waals surface area contributed by atoms with E-state index < -0.39 is 0 Å². The molecule has 0 saturated heterocycles. The van der Waals surface area contributed by atoms with Crippen molar-refractivity contribution in [1.82, 2.24) is 15.2 Å². The highest BCUT2D eigenvalue weighted by atomic mass is 32.2. The SMILES string of the molecule is COc1ccccc1-c1nc(C)c(-c2ccc(SCC(=O)Nc3cc(C)cc(C)c3)nn2)s1. The molecule has 2 aromatic heterocycles. The van der Waals surface area contributed by atoms with Gasteiger partial charge in [-0.25, -0.2) is 4.98 Å². The highest BCUT2D eigenvalue weighted by molar-refractivity contribution is 7.99. The maximum absolute atomic E-state index is 12.3. The molecule has 0 atom stereocenters. The zero-order valence-electron chi connectivity index (χ0n) is 18.9. The Morgan fingerprint density at radius 3 is 2.48 bits per heavy atom. The third-order valence-electron chi connectivity index (χ3n) is 4.86. The summed E-state index contributed by atoms with van der Waals surface area (Å²) in [6.07, 6.45) is 0. The van der Waals surface area contributed by atoms with Gasteiger partial charge in [0.25, 0.3) is 0 Å². The minimum atomic E-state index is -0.0735. The molecule has 2 aromatic carbocycles. The van der Waals surface area contributed by atoms with Gasteiger partial charge in [0.1, 0.15) is 21.5 Å². The first-order chi connectivity index (χ1) is 15.9. The van der Waals surface area contributed by atoms with Crippen LogP contribution in [0.4, 0.5) is 5.69 Å². The summed E-state index contributed by atoms with van der Waals surface area (Å²) in [6, 6.07) is 17.6. The molecule has 0 saturated carbocycles. The van der Waals surface area contributed by atoms with Crippen molar-refractivity contribution < 1.29 is 9.53 Å². The van der Waals surface area contributed by atoms with Gasteiger partial charge < -0.3 is 10.1 Å². The molecule has 0 fully saturated rings. The molecule has 1 N–H and O–H groups in total. The number of ether oxygens (including phenoxy) is 1. The van der Waals surface area contributed by atoms with Gasteiger partial charge in [-0.15, -0.1) is 21.5 Å². The molecule has 33 heavy (non-hydrogen) atoms. The third-order valence-corrected chi connectivity index (χ3v) is 7.00. The van der Waals surface area contributed by atoms with Crippen LogP contribution in [0.3, 0.4) is 0 Å². The minimum Gasteiger partial charge on any atom is -0.496 e. The van der Waals surface area contributed by atoms with Crippen LogP contribution < -0.4 is 10.1 Å². The topological polar surface area (TPSA) is 77.0 Å². The molecule has 4 rings (SSSR count). The Hall–Kier alpha value is -3.23. The number of aryl methyl sites for hydroxylation is 3. The van der Waals surface area contributed by atoms with E-state index in [0.717, 1.165) is 49.4 Å². The van der Waals surface area contributed by atoms with E-state index in [0.29, 0.717) is 5.03 Å². The molecule has 8 heteroatoms. The molecule has 0 radical (unpaired) electrons. The smallest absolute Gasteiger partial charge is 0.234 e. The van der Waals surface area contributed by atoms with Crippen molar-refractivity contribution in [1.29, 1.82) is 0 Å². The second-order valence-corrected chi connectivity index (χ2v) is 9.60. The van der Waals surface area contributed by atoms with Crippen molar-refractivity contribution in [3.8, 4) is 26.9 Å². The Balaban J connectivity index is 1.42. The van der Waals surface area contributed by atoms with E-state index in [-0.39, 0.29) is 11.7 Å². The molecule has 168 valence electrons. The Morgan fingerprint density at radius 1 is 1.03 bits per heavy atom. The minimum absolute atomic E-state index is 0.0735. The Labute approximate surface area is 201 Å². The fraction of sp³-hybridized carbons (Fsp3) is 0.200. The lowest BCUT2D eigenvalue weighted by atomic mass is 10.1. The lowest BCUT2D eigenvalue weighted by molar-refractivity contribution is -0.113. The molecule has 0 bridgehead atoms. The summed E-state index contributed by atoms with van der Waals surface area (Å²) >= 11 is 2.92. The number of nitrogens with zero attached hydrogens (tertiary/aromatic N) is 3. The van der Waals surface area contributed by atoms with Crippen molar-refractivity contribution in [3.63, 3.8) is 0 Å². The molecule has 0 spiro atoms. The molecule has 4 aromatic rings. The van der Waals surface area contributed by atoms with E-state index >= 15 is 0 Å². The lowest BCUT2D eigenvalue weighted by Gasteiger charge is -2.07. The number of amides is 1. The van der Waals surface area contributed by atoms with Gasteiger partial charge in [0.05, 0.1) is 29.0 Å². The number of para-hydroxylation sites is 1. The number of thiazole rings is 1. The normalized spacial score (nSPS) is 10.8. The molecule has 2 heterocycles. The van der Waals surface area contributed by atoms with Crippen LogP contribution in [0.1, 0.15) is 16.8 Å². The third kappa shape index (κ3) is 5.58. The van der Waals surface area contributed by atoms with Crippen LogP contribution in [0.2, 0.25) is 0 Å². The van der Waals surface area contributed by atoms with Crippen molar-refractivity contribution in [3.05, 3.63) is 71.4 Å². The van der Waals surface area contributed by atoms with E-state index in [1.54, 1.807) is 18.4 Å². The number of methoxy groups -OCH3 is 1. The first kappa shape index (κ1) is 22.9. The standard InChI is InChI=1S/C25H24N4O2S2/c1-15-11-16(2)13-18(12-15)27-22(30)14-32-23-10-9-20(28-29-23)24-17(3)26-25(33-24)19-7-5-6-8-21(19)31-4/h5-13H,14H2,1-4H3,(H,27,30). The number of benzene rings is 2. The van der Waals surface area contributed by atoms with E-state index in [4.69, 9.17) is 9.72 Å². The fourth-order valence-corrected chi connectivity index (χ4v) is 5.15. The molecule has 6 nitrogen and oxygen atoms in total. The Morgan fingerprint density at radius 2 is 1.79 bits per heavy atom. The van der Waals surface area contributed by atoms with Gasteiger partial charge in [0.15, 0.2) is 0 Å². The highest BCUT2D eigenvalue weighted by Crippen LogP contribution is 2.38. The number of rotatable bonds is 7. The van der Waals surface area contributed by atoms with Crippen LogP contribution in [0.5, 0.6) is 5.75 Å². The number of hydrogen-bond donors (Lipinski definition) is 1. The maximum Gasteiger partial charge on any atom is 0.234 e. The largest absolute Gasteiger partial charge is 0.496 e. The van der Waals surface area contributed by atoms with Crippen LogP contribution in [0.25, 0.3) is 21.1 Å². The summed E-state index contributed by atoms with van der Waals surface area (Å²) in [7, 11) is 1.66. The van der Waals surface area contributed by atoms with Gasteiger partial charge in [-0.2, -0.15) is 0 Å². The summed E-state index contributed by atoms with van der Waals surface area (Å²) in [5.41, 5.74) is 5.65. The van der Waals surface area contributed by atoms with Crippen LogP contribution >= 0.6 is 23.1 Å². The van der Waals surface area contributed by atoms with E-state index in [1.807, 2.05) is 69.3 Å². The second kappa shape index (κ2) is 10.1. The van der Waals surface area contributed by atoms with Crippen molar-refractivity contribution in [2.75, 3.05) is 18.2 Å². The number of thioether (sulfide) groups is 1. The lowest BCUT2D eigenvalue weighted by Crippen LogP contribution is -2.14. The van der Waals surface area contributed by atoms with E-state index in [1.165, 1.54) is 11.8 Å². The number of aromatic nitrogens is 3. The van der Waals surface area contributed by atoms with Crippen LogP contribution in [0, 0.1) is 20.8 Å². The predicted octanol–water partition coefficient (Wildman–Crippen LogP) is 5.93. The number of carbonyl (C=O) groups is 1. The predicted molar refractivity (Wildman–Crippen MR) is 135 cm³/mol. The first-order valence-electron chi connectivity index (χ1n) is 10.4. The number of anilines is 1. The van der Waals surface area contributed by atoms with Gasteiger partial charge in [0.2, 0.25) is 5.91 Å². The number of hydrogen-bond acceptors (Lipinski definition) is 7. The second-order valence-electron chi connectivity index (χ2n) is 7.60. The molecule has 1 amide bonds. The number of nitrogens with one attached hydrogen (secondary N) is 1. The van der Waals surface area contributed by atoms with E-state index in [2.05, 4.69) is 21.6 Å². The molecular formula is C25H24N4O2S2. The summed E-state index contributed by atoms with van der Waals surface area (Å²) < 4.78 is 5.47. The zero-order chi connectivity index (χ0) is 23.4. The molecule has 0 aliphatic carbocycles.